The van der Waals surface area contributed by atoms with E-state index in [1.165, 1.54) is 19.3 Å². The maximum atomic E-state index is 12.9. The molecule has 1 amide bonds. The van der Waals surface area contributed by atoms with Gasteiger partial charge in [-0.2, -0.15) is 18.3 Å². The van der Waals surface area contributed by atoms with E-state index in [-0.39, 0.29) is 11.7 Å². The van der Waals surface area contributed by atoms with Gasteiger partial charge >= 0.3 is 6.18 Å². The number of hydrogen-bond donors (Lipinski definition) is 1. The van der Waals surface area contributed by atoms with Gasteiger partial charge in [0.1, 0.15) is 5.02 Å². The lowest BCUT2D eigenvalue weighted by Gasteiger charge is -2.28. The van der Waals surface area contributed by atoms with E-state index in [0.29, 0.717) is 16.5 Å². The first-order valence-electron chi connectivity index (χ1n) is 7.79. The average Bonchev–Trinajstić information content (AvgIpc) is 3.11. The van der Waals surface area contributed by atoms with Gasteiger partial charge in [0.2, 0.25) is 0 Å². The van der Waals surface area contributed by atoms with Crippen LogP contribution in [0.4, 0.5) is 13.2 Å². The van der Waals surface area contributed by atoms with E-state index in [4.69, 9.17) is 11.6 Å². The molecule has 0 aromatic carbocycles. The Morgan fingerprint density at radius 2 is 2.09 bits per heavy atom. The van der Waals surface area contributed by atoms with Gasteiger partial charge in [0.05, 0.1) is 0 Å². The van der Waals surface area contributed by atoms with Gasteiger partial charge < -0.3 is 5.32 Å². The molecule has 1 aromatic rings. The maximum Gasteiger partial charge on any atom is 0.434 e. The van der Waals surface area contributed by atoms with Crippen LogP contribution in [0.1, 0.15) is 48.8 Å². The van der Waals surface area contributed by atoms with E-state index in [1.54, 1.807) is 0 Å². The molecule has 1 aromatic heterocycles. The molecule has 4 atom stereocenters. The minimum Gasteiger partial charge on any atom is -0.348 e. The topological polar surface area (TPSA) is 46.9 Å². The number of alkyl halides is 3. The smallest absolute Gasteiger partial charge is 0.348 e. The predicted octanol–water partition coefficient (Wildman–Crippen LogP) is 3.65. The van der Waals surface area contributed by atoms with Gasteiger partial charge in [0, 0.05) is 13.1 Å². The van der Waals surface area contributed by atoms with Crippen molar-refractivity contribution in [3.63, 3.8) is 0 Å². The van der Waals surface area contributed by atoms with Crippen molar-refractivity contribution in [2.75, 3.05) is 0 Å². The molecule has 8 heteroatoms. The van der Waals surface area contributed by atoms with E-state index in [9.17, 15) is 18.0 Å². The Balaban J connectivity index is 1.74. The van der Waals surface area contributed by atoms with Crippen molar-refractivity contribution in [1.29, 1.82) is 0 Å². The number of aryl methyl sites for hydroxylation is 1. The fraction of sp³-hybridized carbons (Fsp3) is 0.733. The number of halogens is 4. The molecule has 23 heavy (non-hydrogen) atoms. The summed E-state index contributed by atoms with van der Waals surface area (Å²) in [5.41, 5.74) is -1.46. The van der Waals surface area contributed by atoms with Gasteiger partial charge in [-0.3, -0.25) is 9.48 Å². The van der Waals surface area contributed by atoms with Crippen molar-refractivity contribution in [2.45, 2.75) is 44.8 Å². The molecule has 0 unspecified atom stereocenters. The molecule has 2 fully saturated rings. The Bertz CT molecular complexity index is 628. The summed E-state index contributed by atoms with van der Waals surface area (Å²) in [6.45, 7) is 1.91. The largest absolute Gasteiger partial charge is 0.434 e. The van der Waals surface area contributed by atoms with Gasteiger partial charge in [0.25, 0.3) is 5.91 Å². The minimum absolute atomic E-state index is 0.0924. The number of rotatable bonds is 3. The molecule has 2 saturated carbocycles. The molecule has 128 valence electrons. The highest BCUT2D eigenvalue weighted by Gasteiger charge is 2.43. The van der Waals surface area contributed by atoms with Crippen LogP contribution in [0.15, 0.2) is 0 Å². The number of nitrogens with zero attached hydrogens (tertiary/aromatic N) is 2. The van der Waals surface area contributed by atoms with Crippen LogP contribution in [0, 0.1) is 17.8 Å². The lowest BCUT2D eigenvalue weighted by molar-refractivity contribution is -0.143. The van der Waals surface area contributed by atoms with Crippen LogP contribution in [-0.2, 0) is 13.2 Å². The molecule has 0 radical (unpaired) electrons. The normalized spacial score (nSPS) is 28.2. The second-order valence-electron chi connectivity index (χ2n) is 6.73. The first kappa shape index (κ1) is 16.6. The first-order chi connectivity index (χ1) is 10.7. The van der Waals surface area contributed by atoms with Crippen LogP contribution >= 0.6 is 11.6 Å². The van der Waals surface area contributed by atoms with E-state index in [0.717, 1.165) is 19.4 Å². The first-order valence-corrected chi connectivity index (χ1v) is 8.16. The number of amides is 1. The number of carbonyl (C=O) groups is 1. The van der Waals surface area contributed by atoms with E-state index in [2.05, 4.69) is 10.4 Å². The third-order valence-electron chi connectivity index (χ3n) is 5.27. The van der Waals surface area contributed by atoms with E-state index >= 15 is 0 Å². The number of nitrogens with one attached hydrogen (secondary N) is 1. The van der Waals surface area contributed by atoms with Crippen LogP contribution in [-0.4, -0.2) is 21.7 Å². The summed E-state index contributed by atoms with van der Waals surface area (Å²) in [7, 11) is 1.13. The van der Waals surface area contributed by atoms with Gasteiger partial charge in [-0.25, -0.2) is 0 Å². The fourth-order valence-corrected chi connectivity index (χ4v) is 4.59. The zero-order valence-electron chi connectivity index (χ0n) is 13.0. The lowest BCUT2D eigenvalue weighted by atomic mass is 9.84. The van der Waals surface area contributed by atoms with Crippen molar-refractivity contribution in [1.82, 2.24) is 15.1 Å². The van der Waals surface area contributed by atoms with Gasteiger partial charge in [-0.1, -0.05) is 18.0 Å². The molecule has 0 saturated heterocycles. The Hall–Kier alpha value is -1.24. The van der Waals surface area contributed by atoms with Crippen molar-refractivity contribution in [2.24, 2.45) is 24.8 Å². The Morgan fingerprint density at radius 3 is 2.57 bits per heavy atom. The Labute approximate surface area is 137 Å². The highest BCUT2D eigenvalue weighted by molar-refractivity contribution is 6.34. The van der Waals surface area contributed by atoms with Gasteiger partial charge in [-0.15, -0.1) is 0 Å². The molecule has 2 bridgehead atoms. The van der Waals surface area contributed by atoms with E-state index < -0.39 is 22.8 Å². The highest BCUT2D eigenvalue weighted by atomic mass is 35.5. The summed E-state index contributed by atoms with van der Waals surface area (Å²) in [5.74, 6) is 1.10. The summed E-state index contributed by atoms with van der Waals surface area (Å²) in [6.07, 6.45) is 0.0673. The predicted molar refractivity (Wildman–Crippen MR) is 79.1 cm³/mol. The molecule has 2 aliphatic carbocycles. The highest BCUT2D eigenvalue weighted by Crippen LogP contribution is 2.49. The zero-order valence-corrected chi connectivity index (χ0v) is 13.7. The van der Waals surface area contributed by atoms with Crippen molar-refractivity contribution < 1.29 is 18.0 Å². The summed E-state index contributed by atoms with van der Waals surface area (Å²) >= 11 is 5.75. The molecular weight excluding hydrogens is 331 g/mol. The van der Waals surface area contributed by atoms with Crippen molar-refractivity contribution in [3.8, 4) is 0 Å². The molecule has 2 aliphatic rings. The van der Waals surface area contributed by atoms with Gasteiger partial charge in [0.15, 0.2) is 11.4 Å². The monoisotopic (exact) mass is 349 g/mol. The maximum absolute atomic E-state index is 12.9. The number of hydrogen-bond acceptors (Lipinski definition) is 2. The molecule has 0 spiro atoms. The van der Waals surface area contributed by atoms with Crippen molar-refractivity contribution in [3.05, 3.63) is 16.4 Å². The Morgan fingerprint density at radius 1 is 1.39 bits per heavy atom. The number of aromatic nitrogens is 2. The molecular formula is C15H19ClF3N3O. The summed E-state index contributed by atoms with van der Waals surface area (Å²) in [4.78, 5) is 12.3. The number of fused-ring (bicyclic) bond motifs is 2. The average molecular weight is 350 g/mol. The fourth-order valence-electron chi connectivity index (χ4n) is 4.24. The minimum atomic E-state index is -4.65. The summed E-state index contributed by atoms with van der Waals surface area (Å²) in [5, 5.41) is 5.81. The molecule has 0 aliphatic heterocycles. The molecule has 1 N–H and O–H groups in total. The van der Waals surface area contributed by atoms with Crippen LogP contribution in [0.5, 0.6) is 0 Å². The van der Waals surface area contributed by atoms with Gasteiger partial charge in [-0.05, 0) is 43.9 Å². The quantitative estimate of drug-likeness (QED) is 0.905. The molecule has 4 nitrogen and oxygen atoms in total. The third kappa shape index (κ3) is 2.95. The second kappa shape index (κ2) is 5.69. The van der Waals surface area contributed by atoms with Crippen LogP contribution in [0.25, 0.3) is 0 Å². The standard InChI is InChI=1S/C15H19ClF3N3O/c1-7(10-6-8-3-4-9(10)5-8)20-14(23)12-11(16)13(15(17,18)19)22(2)21-12/h7-10H,3-6H2,1-2H3,(H,20,23)/t7-,8-,9-,10-/m0/s1. The summed E-state index contributed by atoms with van der Waals surface area (Å²) < 4.78 is 39.4. The van der Waals surface area contributed by atoms with Crippen LogP contribution in [0.3, 0.4) is 0 Å². The molecule has 1 heterocycles. The Kier molecular flexibility index (Phi) is 4.11. The summed E-state index contributed by atoms with van der Waals surface area (Å²) in [6, 6.07) is -0.0924. The third-order valence-corrected chi connectivity index (χ3v) is 5.62. The zero-order chi connectivity index (χ0) is 16.9. The SMILES string of the molecule is C[C@H](NC(=O)c1nn(C)c(C(F)(F)F)c1Cl)[C@@H]1C[C@H]2CC[C@H]1C2. The molecule has 3 rings (SSSR count). The lowest BCUT2D eigenvalue weighted by Crippen LogP contribution is -2.40. The van der Waals surface area contributed by atoms with Crippen LogP contribution in [0.2, 0.25) is 5.02 Å². The number of carbonyl (C=O) groups excluding carboxylic acids is 1. The second-order valence-corrected chi connectivity index (χ2v) is 7.11. The van der Waals surface area contributed by atoms with Crippen molar-refractivity contribution >= 4 is 17.5 Å². The van der Waals surface area contributed by atoms with E-state index in [1.807, 2.05) is 6.92 Å². The van der Waals surface area contributed by atoms with Crippen LogP contribution < -0.4 is 5.32 Å².